The van der Waals surface area contributed by atoms with E-state index in [1.165, 1.54) is 0 Å². The molecule has 0 N–H and O–H groups in total. The van der Waals surface area contributed by atoms with E-state index >= 15 is 0 Å². The fraction of sp³-hybridized carbons (Fsp3) is 0. The van der Waals surface area contributed by atoms with Crippen molar-refractivity contribution in [3.63, 3.8) is 0 Å². The number of benzene rings is 5. The molecule has 7 aromatic rings. The lowest BCUT2D eigenvalue weighted by Crippen LogP contribution is -2.00. The van der Waals surface area contributed by atoms with E-state index in [9.17, 15) is 0 Å². The lowest BCUT2D eigenvalue weighted by atomic mass is 9.94. The number of hydrogen-bond acceptors (Lipinski definition) is 5. The standard InChI is InChI=1S/C35H23N5/c1-3-10-25(11-4-1)32-38-33(26-12-5-2-6-13-26)40-34(39-32)27-18-16-24(17-19-27)28-20-21-31(35-36-22-9-23-37-35)30-15-8-7-14-29(28)30/h1-23H. The van der Waals surface area contributed by atoms with E-state index in [0.717, 1.165) is 50.0 Å². The van der Waals surface area contributed by atoms with Gasteiger partial charge in [-0.05, 0) is 34.0 Å². The molecule has 0 atom stereocenters. The molecule has 5 nitrogen and oxygen atoms in total. The highest BCUT2D eigenvalue weighted by molar-refractivity contribution is 6.04. The minimum absolute atomic E-state index is 0.640. The van der Waals surface area contributed by atoms with Gasteiger partial charge in [-0.3, -0.25) is 0 Å². The molecule has 0 amide bonds. The zero-order chi connectivity index (χ0) is 26.7. The second-order valence-electron chi connectivity index (χ2n) is 9.39. The molecule has 2 heterocycles. The summed E-state index contributed by atoms with van der Waals surface area (Å²) in [4.78, 5) is 23.5. The van der Waals surface area contributed by atoms with Crippen LogP contribution in [-0.4, -0.2) is 24.9 Å². The van der Waals surface area contributed by atoms with Crippen LogP contribution in [0.4, 0.5) is 0 Å². The molecule has 5 aromatic carbocycles. The average Bonchev–Trinajstić information content (AvgIpc) is 3.05. The lowest BCUT2D eigenvalue weighted by molar-refractivity contribution is 1.07. The molecule has 7 rings (SSSR count). The Morgan fingerprint density at radius 1 is 0.300 bits per heavy atom. The number of rotatable bonds is 5. The van der Waals surface area contributed by atoms with Crippen LogP contribution in [0.15, 0.2) is 140 Å². The highest BCUT2D eigenvalue weighted by atomic mass is 15.0. The van der Waals surface area contributed by atoms with E-state index in [-0.39, 0.29) is 0 Å². The van der Waals surface area contributed by atoms with Gasteiger partial charge < -0.3 is 0 Å². The first kappa shape index (κ1) is 23.6. The van der Waals surface area contributed by atoms with Crippen LogP contribution in [-0.2, 0) is 0 Å². The molecule has 0 saturated carbocycles. The predicted octanol–water partition coefficient (Wildman–Crippen LogP) is 8.15. The molecule has 0 spiro atoms. The molecule has 0 aliphatic heterocycles. The zero-order valence-electron chi connectivity index (χ0n) is 21.5. The Balaban J connectivity index is 1.31. The molecule has 5 heteroatoms. The van der Waals surface area contributed by atoms with Crippen LogP contribution >= 0.6 is 0 Å². The molecule has 0 aliphatic rings. The largest absolute Gasteiger partial charge is 0.237 e. The molecule has 0 bridgehead atoms. The maximum absolute atomic E-state index is 4.86. The summed E-state index contributed by atoms with van der Waals surface area (Å²) >= 11 is 0. The summed E-state index contributed by atoms with van der Waals surface area (Å²) < 4.78 is 0. The van der Waals surface area contributed by atoms with Gasteiger partial charge >= 0.3 is 0 Å². The number of aromatic nitrogens is 5. The molecule has 0 unspecified atom stereocenters. The Morgan fingerprint density at radius 3 is 1.27 bits per heavy atom. The van der Waals surface area contributed by atoms with Crippen LogP contribution < -0.4 is 0 Å². The Labute approximate surface area is 231 Å². The van der Waals surface area contributed by atoms with E-state index in [0.29, 0.717) is 17.5 Å². The van der Waals surface area contributed by atoms with Gasteiger partial charge in [0.2, 0.25) is 0 Å². The number of nitrogens with zero attached hydrogens (tertiary/aromatic N) is 5. The van der Waals surface area contributed by atoms with Crippen molar-refractivity contribution in [2.45, 2.75) is 0 Å². The summed E-state index contributed by atoms with van der Waals surface area (Å²) in [5.41, 5.74) is 6.11. The van der Waals surface area contributed by atoms with E-state index in [4.69, 9.17) is 15.0 Å². The zero-order valence-corrected chi connectivity index (χ0v) is 21.5. The maximum atomic E-state index is 4.86. The SMILES string of the molecule is c1ccc(-c2nc(-c3ccccc3)nc(-c3ccc(-c4ccc(-c5ncccn5)c5ccccc45)cc3)n2)cc1. The monoisotopic (exact) mass is 513 g/mol. The summed E-state index contributed by atoms with van der Waals surface area (Å²) in [5.74, 6) is 2.66. The second-order valence-corrected chi connectivity index (χ2v) is 9.39. The third kappa shape index (κ3) is 4.50. The van der Waals surface area contributed by atoms with Gasteiger partial charge in [0.05, 0.1) is 0 Å². The van der Waals surface area contributed by atoms with Crippen molar-refractivity contribution in [3.05, 3.63) is 140 Å². The first-order valence-electron chi connectivity index (χ1n) is 13.1. The quantitative estimate of drug-likeness (QED) is 0.232. The molecule has 0 saturated heterocycles. The van der Waals surface area contributed by atoms with Gasteiger partial charge in [0.25, 0.3) is 0 Å². The highest BCUT2D eigenvalue weighted by Gasteiger charge is 2.14. The van der Waals surface area contributed by atoms with Crippen LogP contribution in [0.2, 0.25) is 0 Å². The van der Waals surface area contributed by atoms with Gasteiger partial charge in [-0.15, -0.1) is 0 Å². The normalized spacial score (nSPS) is 11.0. The van der Waals surface area contributed by atoms with Crippen molar-refractivity contribution in [1.29, 1.82) is 0 Å². The average molecular weight is 514 g/mol. The van der Waals surface area contributed by atoms with Gasteiger partial charge in [0, 0.05) is 34.6 Å². The van der Waals surface area contributed by atoms with Crippen LogP contribution in [0, 0.1) is 0 Å². The van der Waals surface area contributed by atoms with Crippen molar-refractivity contribution >= 4 is 10.8 Å². The molecule has 2 aromatic heterocycles. The Bertz CT molecular complexity index is 1860. The number of hydrogen-bond donors (Lipinski definition) is 0. The van der Waals surface area contributed by atoms with E-state index in [2.05, 4.69) is 70.6 Å². The third-order valence-corrected chi connectivity index (χ3v) is 6.88. The molecule has 188 valence electrons. The first-order chi connectivity index (χ1) is 19.8. The molecule has 0 fully saturated rings. The summed E-state index contributed by atoms with van der Waals surface area (Å²) in [7, 11) is 0. The molecule has 40 heavy (non-hydrogen) atoms. The van der Waals surface area contributed by atoms with E-state index < -0.39 is 0 Å². The third-order valence-electron chi connectivity index (χ3n) is 6.88. The maximum Gasteiger partial charge on any atom is 0.164 e. The lowest BCUT2D eigenvalue weighted by Gasteiger charge is -2.12. The topological polar surface area (TPSA) is 64.5 Å². The van der Waals surface area contributed by atoms with Crippen molar-refractivity contribution in [3.8, 4) is 56.7 Å². The van der Waals surface area contributed by atoms with Gasteiger partial charge in [-0.1, -0.05) is 115 Å². The predicted molar refractivity (Wildman–Crippen MR) is 160 cm³/mol. The fourth-order valence-corrected chi connectivity index (χ4v) is 4.92. The van der Waals surface area contributed by atoms with Crippen LogP contribution in [0.3, 0.4) is 0 Å². The molecular formula is C35H23N5. The summed E-state index contributed by atoms with van der Waals surface area (Å²) in [5, 5.41) is 2.27. The van der Waals surface area contributed by atoms with E-state index in [1.54, 1.807) is 12.4 Å². The second kappa shape index (κ2) is 10.3. The molecule has 0 radical (unpaired) electrons. The van der Waals surface area contributed by atoms with E-state index in [1.807, 2.05) is 66.7 Å². The van der Waals surface area contributed by atoms with Gasteiger partial charge in [0.1, 0.15) is 0 Å². The van der Waals surface area contributed by atoms with Crippen molar-refractivity contribution in [1.82, 2.24) is 24.9 Å². The Hall–Kier alpha value is -5.55. The Morgan fingerprint density at radius 2 is 0.725 bits per heavy atom. The van der Waals surface area contributed by atoms with Crippen LogP contribution in [0.25, 0.3) is 67.5 Å². The Kier molecular flexibility index (Phi) is 6.07. The van der Waals surface area contributed by atoms with Crippen LogP contribution in [0.1, 0.15) is 0 Å². The van der Waals surface area contributed by atoms with Crippen molar-refractivity contribution in [2.24, 2.45) is 0 Å². The number of fused-ring (bicyclic) bond motifs is 1. The first-order valence-corrected chi connectivity index (χ1v) is 13.1. The molecular weight excluding hydrogens is 490 g/mol. The summed E-state index contributed by atoms with van der Waals surface area (Å²) in [6, 6.07) is 42.9. The van der Waals surface area contributed by atoms with Crippen molar-refractivity contribution in [2.75, 3.05) is 0 Å². The van der Waals surface area contributed by atoms with Gasteiger partial charge in [-0.25, -0.2) is 24.9 Å². The fourth-order valence-electron chi connectivity index (χ4n) is 4.92. The minimum atomic E-state index is 0.640. The van der Waals surface area contributed by atoms with Gasteiger partial charge in [-0.2, -0.15) is 0 Å². The summed E-state index contributed by atoms with van der Waals surface area (Å²) in [6.07, 6.45) is 3.55. The smallest absolute Gasteiger partial charge is 0.164 e. The minimum Gasteiger partial charge on any atom is -0.237 e. The summed E-state index contributed by atoms with van der Waals surface area (Å²) in [6.45, 7) is 0. The molecule has 0 aliphatic carbocycles. The highest BCUT2D eigenvalue weighted by Crippen LogP contribution is 2.35. The van der Waals surface area contributed by atoms with Crippen LogP contribution in [0.5, 0.6) is 0 Å². The van der Waals surface area contributed by atoms with Crippen molar-refractivity contribution < 1.29 is 0 Å². The van der Waals surface area contributed by atoms with Gasteiger partial charge in [0.15, 0.2) is 23.3 Å².